The van der Waals surface area contributed by atoms with E-state index in [1.54, 1.807) is 21.7 Å². The molecule has 2 heterocycles. The summed E-state index contributed by atoms with van der Waals surface area (Å²) >= 11 is 0. The number of carbonyl (C=O) groups excluding carboxylic acids is 2. The Labute approximate surface area is 124 Å². The number of rotatable bonds is 3. The fraction of sp³-hybridized carbons (Fsp3) is 0.786. The predicted molar refractivity (Wildman–Crippen MR) is 75.8 cm³/mol. The zero-order valence-electron chi connectivity index (χ0n) is 12.5. The van der Waals surface area contributed by atoms with Gasteiger partial charge in [-0.1, -0.05) is 0 Å². The van der Waals surface area contributed by atoms with Crippen molar-refractivity contribution in [3.8, 4) is 0 Å². The van der Waals surface area contributed by atoms with Crippen LogP contribution in [0.3, 0.4) is 0 Å². The second-order valence-corrected chi connectivity index (χ2v) is 5.91. The SMILES string of the molecule is CN1CCN(C(=O)N2CCCC(CCC(=O)O)C2)CC1=O. The van der Waals surface area contributed by atoms with Gasteiger partial charge in [0.1, 0.15) is 6.54 Å². The zero-order chi connectivity index (χ0) is 15.4. The van der Waals surface area contributed by atoms with E-state index >= 15 is 0 Å². The third-order valence-corrected chi connectivity index (χ3v) is 4.28. The highest BCUT2D eigenvalue weighted by Gasteiger charge is 2.31. The largest absolute Gasteiger partial charge is 0.481 e. The Bertz CT molecular complexity index is 426. The average molecular weight is 297 g/mol. The quantitative estimate of drug-likeness (QED) is 0.820. The number of carbonyl (C=O) groups is 3. The first-order valence-electron chi connectivity index (χ1n) is 7.47. The van der Waals surface area contributed by atoms with Crippen LogP contribution >= 0.6 is 0 Å². The van der Waals surface area contributed by atoms with Gasteiger partial charge >= 0.3 is 12.0 Å². The van der Waals surface area contributed by atoms with Crippen LogP contribution in [0.5, 0.6) is 0 Å². The predicted octanol–water partition coefficient (Wildman–Crippen LogP) is 0.457. The summed E-state index contributed by atoms with van der Waals surface area (Å²) in [5.74, 6) is -0.570. The summed E-state index contributed by atoms with van der Waals surface area (Å²) in [5.41, 5.74) is 0. The van der Waals surface area contributed by atoms with Crippen LogP contribution in [0.25, 0.3) is 0 Å². The molecule has 1 atom stereocenters. The number of likely N-dealkylation sites (tertiary alicyclic amines) is 1. The molecule has 0 bridgehead atoms. The van der Waals surface area contributed by atoms with Gasteiger partial charge in [0.25, 0.3) is 0 Å². The van der Waals surface area contributed by atoms with Crippen LogP contribution < -0.4 is 0 Å². The Morgan fingerprint density at radius 1 is 1.24 bits per heavy atom. The highest BCUT2D eigenvalue weighted by atomic mass is 16.4. The number of hydrogen-bond acceptors (Lipinski definition) is 3. The molecule has 0 aromatic carbocycles. The zero-order valence-corrected chi connectivity index (χ0v) is 12.5. The minimum atomic E-state index is -0.789. The molecule has 0 spiro atoms. The Morgan fingerprint density at radius 3 is 2.67 bits per heavy atom. The number of urea groups is 1. The van der Waals surface area contributed by atoms with E-state index in [1.165, 1.54) is 0 Å². The van der Waals surface area contributed by atoms with E-state index in [0.29, 0.717) is 32.6 Å². The van der Waals surface area contributed by atoms with Crippen molar-refractivity contribution >= 4 is 17.9 Å². The maximum Gasteiger partial charge on any atom is 0.320 e. The number of amides is 3. The number of piperidine rings is 1. The van der Waals surface area contributed by atoms with Gasteiger partial charge in [0, 0.05) is 39.6 Å². The highest BCUT2D eigenvalue weighted by Crippen LogP contribution is 2.22. The molecule has 3 amide bonds. The number of piperazine rings is 1. The molecule has 2 saturated heterocycles. The van der Waals surface area contributed by atoms with Crippen LogP contribution in [0.2, 0.25) is 0 Å². The van der Waals surface area contributed by atoms with Gasteiger partial charge in [-0.3, -0.25) is 9.59 Å². The molecular formula is C14H23N3O4. The van der Waals surface area contributed by atoms with Crippen LogP contribution in [-0.4, -0.2) is 77.5 Å². The van der Waals surface area contributed by atoms with E-state index < -0.39 is 5.97 Å². The smallest absolute Gasteiger partial charge is 0.320 e. The van der Waals surface area contributed by atoms with Crippen LogP contribution in [0, 0.1) is 5.92 Å². The van der Waals surface area contributed by atoms with E-state index in [-0.39, 0.29) is 30.8 Å². The number of carboxylic acid groups (broad SMARTS) is 1. The number of aliphatic carboxylic acids is 1. The van der Waals surface area contributed by atoms with Crippen LogP contribution in [-0.2, 0) is 9.59 Å². The summed E-state index contributed by atoms with van der Waals surface area (Å²) in [6.07, 6.45) is 2.64. The lowest BCUT2D eigenvalue weighted by molar-refractivity contribution is -0.137. The molecule has 7 heteroatoms. The molecule has 0 aliphatic carbocycles. The number of hydrogen-bond donors (Lipinski definition) is 1. The molecular weight excluding hydrogens is 274 g/mol. The average Bonchev–Trinajstić information content (AvgIpc) is 2.47. The first-order chi connectivity index (χ1) is 9.97. The van der Waals surface area contributed by atoms with Crippen molar-refractivity contribution in [2.24, 2.45) is 5.92 Å². The van der Waals surface area contributed by atoms with Crippen LogP contribution in [0.4, 0.5) is 4.79 Å². The Kier molecular flexibility index (Phi) is 5.03. The maximum absolute atomic E-state index is 12.5. The van der Waals surface area contributed by atoms with Crippen molar-refractivity contribution in [1.29, 1.82) is 0 Å². The molecule has 21 heavy (non-hydrogen) atoms. The molecule has 0 aromatic heterocycles. The van der Waals surface area contributed by atoms with E-state index in [2.05, 4.69) is 0 Å². The van der Waals surface area contributed by atoms with Gasteiger partial charge < -0.3 is 19.8 Å². The third-order valence-electron chi connectivity index (χ3n) is 4.28. The number of likely N-dealkylation sites (N-methyl/N-ethyl adjacent to an activating group) is 1. The van der Waals surface area contributed by atoms with Crippen molar-refractivity contribution in [3.05, 3.63) is 0 Å². The van der Waals surface area contributed by atoms with Gasteiger partial charge in [0.15, 0.2) is 0 Å². The fourth-order valence-electron chi connectivity index (χ4n) is 2.92. The second-order valence-electron chi connectivity index (χ2n) is 5.91. The highest BCUT2D eigenvalue weighted by molar-refractivity contribution is 5.85. The van der Waals surface area contributed by atoms with Crippen molar-refractivity contribution < 1.29 is 19.5 Å². The van der Waals surface area contributed by atoms with E-state index in [1.807, 2.05) is 0 Å². The van der Waals surface area contributed by atoms with Crippen molar-refractivity contribution in [1.82, 2.24) is 14.7 Å². The topological polar surface area (TPSA) is 81.2 Å². The number of carboxylic acids is 1. The van der Waals surface area contributed by atoms with Gasteiger partial charge in [-0.2, -0.15) is 0 Å². The molecule has 118 valence electrons. The van der Waals surface area contributed by atoms with Gasteiger partial charge in [0.2, 0.25) is 5.91 Å². The van der Waals surface area contributed by atoms with E-state index in [4.69, 9.17) is 5.11 Å². The molecule has 0 saturated carbocycles. The first-order valence-corrected chi connectivity index (χ1v) is 7.47. The summed E-state index contributed by atoms with van der Waals surface area (Å²) < 4.78 is 0. The van der Waals surface area contributed by atoms with Crippen LogP contribution in [0.15, 0.2) is 0 Å². The molecule has 2 rings (SSSR count). The minimum Gasteiger partial charge on any atom is -0.481 e. The van der Waals surface area contributed by atoms with Crippen molar-refractivity contribution in [3.63, 3.8) is 0 Å². The van der Waals surface area contributed by atoms with Gasteiger partial charge in [0.05, 0.1) is 0 Å². The third kappa shape index (κ3) is 4.09. The van der Waals surface area contributed by atoms with E-state index in [0.717, 1.165) is 12.8 Å². The monoisotopic (exact) mass is 297 g/mol. The Balaban J connectivity index is 1.87. The summed E-state index contributed by atoms with van der Waals surface area (Å²) in [6.45, 7) is 2.58. The fourth-order valence-corrected chi connectivity index (χ4v) is 2.92. The molecule has 2 fully saturated rings. The number of nitrogens with zero attached hydrogens (tertiary/aromatic N) is 3. The molecule has 7 nitrogen and oxygen atoms in total. The molecule has 2 aliphatic heterocycles. The second kappa shape index (κ2) is 6.78. The maximum atomic E-state index is 12.5. The van der Waals surface area contributed by atoms with Crippen molar-refractivity contribution in [2.75, 3.05) is 39.8 Å². The Hall–Kier alpha value is -1.79. The Morgan fingerprint density at radius 2 is 2.00 bits per heavy atom. The molecule has 0 radical (unpaired) electrons. The molecule has 0 aromatic rings. The van der Waals surface area contributed by atoms with Crippen molar-refractivity contribution in [2.45, 2.75) is 25.7 Å². The summed E-state index contributed by atoms with van der Waals surface area (Å²) in [6, 6.07) is -0.0866. The van der Waals surface area contributed by atoms with Crippen LogP contribution in [0.1, 0.15) is 25.7 Å². The van der Waals surface area contributed by atoms with Gasteiger partial charge in [-0.05, 0) is 25.2 Å². The van der Waals surface area contributed by atoms with E-state index in [9.17, 15) is 14.4 Å². The lowest BCUT2D eigenvalue weighted by Gasteiger charge is -2.39. The molecule has 1 unspecified atom stereocenters. The lowest BCUT2D eigenvalue weighted by atomic mass is 9.93. The first kappa shape index (κ1) is 15.6. The van der Waals surface area contributed by atoms with Gasteiger partial charge in [-0.15, -0.1) is 0 Å². The minimum absolute atomic E-state index is 0.0333. The summed E-state index contributed by atoms with van der Waals surface area (Å²) in [7, 11) is 1.74. The standard InChI is InChI=1S/C14H23N3O4/c1-15-7-8-17(10-12(15)18)14(21)16-6-2-3-11(9-16)4-5-13(19)20/h11H,2-10H2,1H3,(H,19,20). The summed E-state index contributed by atoms with van der Waals surface area (Å²) in [4.78, 5) is 39.8. The molecule has 2 aliphatic rings. The summed E-state index contributed by atoms with van der Waals surface area (Å²) in [5, 5.41) is 8.75. The normalized spacial score (nSPS) is 23.4. The molecule has 1 N–H and O–H groups in total. The van der Waals surface area contributed by atoms with Gasteiger partial charge in [-0.25, -0.2) is 4.79 Å². The lowest BCUT2D eigenvalue weighted by Crippen LogP contribution is -2.55.